The molecule has 0 unspecified atom stereocenters. The average molecular weight is 479 g/mol. The first-order valence-corrected chi connectivity index (χ1v) is 12.5. The van der Waals surface area contributed by atoms with Gasteiger partial charge in [-0.3, -0.25) is 9.10 Å². The van der Waals surface area contributed by atoms with E-state index < -0.39 is 28.5 Å². The third kappa shape index (κ3) is 5.12. The van der Waals surface area contributed by atoms with Gasteiger partial charge in [-0.15, -0.1) is 0 Å². The first-order valence-electron chi connectivity index (χ1n) is 11.0. The van der Waals surface area contributed by atoms with Crippen LogP contribution in [0.3, 0.4) is 0 Å². The summed E-state index contributed by atoms with van der Waals surface area (Å²) in [6, 6.07) is 22.1. The second-order valence-electron chi connectivity index (χ2n) is 8.12. The lowest BCUT2D eigenvalue weighted by Crippen LogP contribution is -2.34. The number of nitrogens with zero attached hydrogens (tertiary/aromatic N) is 1. The number of rotatable bonds is 7. The quantitative estimate of drug-likeness (QED) is 0.521. The van der Waals surface area contributed by atoms with E-state index in [-0.39, 0.29) is 16.5 Å². The summed E-state index contributed by atoms with van der Waals surface area (Å²) in [6.45, 7) is -0.446. The lowest BCUT2D eigenvalue weighted by atomic mass is 9.88. The van der Waals surface area contributed by atoms with Crippen molar-refractivity contribution in [2.45, 2.75) is 30.2 Å². The standard InChI is InChI=1S/C26H26N2O5S/c1-28(21-12-3-2-4-13-21)34(31,32)22-14-7-11-20(17-22)26(30)33-18-25(29)27-24-16-8-10-19-9-5-6-15-23(19)24/h2-7,9,11-15,17,24H,8,10,16,18H2,1H3,(H,27,29)/t24-/m0/s1. The van der Waals surface area contributed by atoms with Crippen LogP contribution in [0.15, 0.2) is 83.8 Å². The number of hydrogen-bond acceptors (Lipinski definition) is 5. The number of carbonyl (C=O) groups is 2. The van der Waals surface area contributed by atoms with E-state index >= 15 is 0 Å². The Kier molecular flexibility index (Phi) is 6.98. The van der Waals surface area contributed by atoms with Crippen molar-refractivity contribution in [2.24, 2.45) is 0 Å². The topological polar surface area (TPSA) is 92.8 Å². The molecule has 0 radical (unpaired) electrons. The molecule has 7 nitrogen and oxygen atoms in total. The highest BCUT2D eigenvalue weighted by molar-refractivity contribution is 7.92. The van der Waals surface area contributed by atoms with Crippen LogP contribution in [-0.4, -0.2) is 33.9 Å². The lowest BCUT2D eigenvalue weighted by Gasteiger charge is -2.26. The van der Waals surface area contributed by atoms with Crippen molar-refractivity contribution in [3.63, 3.8) is 0 Å². The van der Waals surface area contributed by atoms with Gasteiger partial charge in [0.15, 0.2) is 6.61 Å². The van der Waals surface area contributed by atoms with Crippen molar-refractivity contribution >= 4 is 27.6 Å². The van der Waals surface area contributed by atoms with Crippen molar-refractivity contribution in [3.05, 3.63) is 95.6 Å². The van der Waals surface area contributed by atoms with Crippen molar-refractivity contribution in [3.8, 4) is 0 Å². The van der Waals surface area contributed by atoms with Gasteiger partial charge in [-0.1, -0.05) is 48.5 Å². The summed E-state index contributed by atoms with van der Waals surface area (Å²) >= 11 is 0. The molecule has 176 valence electrons. The van der Waals surface area contributed by atoms with E-state index in [0.717, 1.165) is 29.1 Å². The number of anilines is 1. The number of esters is 1. The first-order chi connectivity index (χ1) is 16.4. The van der Waals surface area contributed by atoms with E-state index in [1.807, 2.05) is 18.2 Å². The third-order valence-corrected chi connectivity index (χ3v) is 7.67. The van der Waals surface area contributed by atoms with Crippen LogP contribution >= 0.6 is 0 Å². The monoisotopic (exact) mass is 478 g/mol. The summed E-state index contributed by atoms with van der Waals surface area (Å²) in [5, 5.41) is 2.93. The SMILES string of the molecule is CN(c1ccccc1)S(=O)(=O)c1cccc(C(=O)OCC(=O)N[C@H]2CCCc3ccccc32)c1. The van der Waals surface area contributed by atoms with Crippen LogP contribution in [0.5, 0.6) is 0 Å². The molecule has 0 aromatic heterocycles. The molecule has 0 aliphatic heterocycles. The summed E-state index contributed by atoms with van der Waals surface area (Å²) in [6.07, 6.45) is 2.78. The Labute approximate surface area is 199 Å². The van der Waals surface area contributed by atoms with Gasteiger partial charge >= 0.3 is 5.97 Å². The van der Waals surface area contributed by atoms with Gasteiger partial charge in [0.1, 0.15) is 0 Å². The Bertz CT molecular complexity index is 1290. The number of amides is 1. The minimum atomic E-state index is -3.88. The smallest absolute Gasteiger partial charge is 0.338 e. The molecule has 3 aromatic carbocycles. The normalized spacial score (nSPS) is 15.1. The molecule has 0 spiro atoms. The van der Waals surface area contributed by atoms with Gasteiger partial charge in [-0.05, 0) is 60.7 Å². The Morgan fingerprint density at radius 1 is 1.00 bits per heavy atom. The van der Waals surface area contributed by atoms with E-state index in [2.05, 4.69) is 11.4 Å². The predicted octanol–water partition coefficient (Wildman–Crippen LogP) is 3.86. The predicted molar refractivity (Wildman–Crippen MR) is 129 cm³/mol. The van der Waals surface area contributed by atoms with Crippen LogP contribution in [0.4, 0.5) is 5.69 Å². The number of aryl methyl sites for hydroxylation is 1. The van der Waals surface area contributed by atoms with Gasteiger partial charge < -0.3 is 10.1 Å². The Balaban J connectivity index is 1.40. The number of nitrogens with one attached hydrogen (secondary N) is 1. The Morgan fingerprint density at radius 3 is 2.53 bits per heavy atom. The summed E-state index contributed by atoms with van der Waals surface area (Å²) in [4.78, 5) is 24.9. The fourth-order valence-corrected chi connectivity index (χ4v) is 5.31. The maximum absolute atomic E-state index is 13.0. The summed E-state index contributed by atoms with van der Waals surface area (Å²) in [5.41, 5.74) is 2.86. The molecular weight excluding hydrogens is 452 g/mol. The van der Waals surface area contributed by atoms with Gasteiger partial charge in [0.05, 0.1) is 22.2 Å². The van der Waals surface area contributed by atoms with E-state index in [9.17, 15) is 18.0 Å². The molecule has 1 atom stereocenters. The minimum absolute atomic E-state index is 0.0448. The molecule has 1 N–H and O–H groups in total. The zero-order valence-corrected chi connectivity index (χ0v) is 19.6. The lowest BCUT2D eigenvalue weighted by molar-refractivity contribution is -0.125. The molecule has 3 aromatic rings. The number of hydrogen-bond donors (Lipinski definition) is 1. The molecule has 8 heteroatoms. The molecule has 0 heterocycles. The highest BCUT2D eigenvalue weighted by Crippen LogP contribution is 2.29. The second-order valence-corrected chi connectivity index (χ2v) is 10.1. The van der Waals surface area contributed by atoms with Gasteiger partial charge in [-0.25, -0.2) is 13.2 Å². The van der Waals surface area contributed by atoms with Crippen LogP contribution < -0.4 is 9.62 Å². The maximum Gasteiger partial charge on any atom is 0.338 e. The highest BCUT2D eigenvalue weighted by atomic mass is 32.2. The van der Waals surface area contributed by atoms with Crippen molar-refractivity contribution in [1.29, 1.82) is 0 Å². The fraction of sp³-hybridized carbons (Fsp3) is 0.231. The molecule has 4 rings (SSSR count). The van der Waals surface area contributed by atoms with Crippen LogP contribution in [-0.2, 0) is 26.0 Å². The zero-order chi connectivity index (χ0) is 24.1. The summed E-state index contributed by atoms with van der Waals surface area (Å²) < 4.78 is 32.3. The van der Waals surface area contributed by atoms with Gasteiger partial charge in [0.2, 0.25) is 0 Å². The molecule has 0 saturated heterocycles. The summed E-state index contributed by atoms with van der Waals surface area (Å²) in [5.74, 6) is -1.17. The molecule has 34 heavy (non-hydrogen) atoms. The minimum Gasteiger partial charge on any atom is -0.452 e. The molecule has 1 aliphatic carbocycles. The van der Waals surface area contributed by atoms with Crippen molar-refractivity contribution < 1.29 is 22.7 Å². The number of fused-ring (bicyclic) bond motifs is 1. The molecule has 0 fully saturated rings. The van der Waals surface area contributed by atoms with E-state index in [1.54, 1.807) is 30.3 Å². The first kappa shape index (κ1) is 23.5. The number of carbonyl (C=O) groups excluding carboxylic acids is 2. The van der Waals surface area contributed by atoms with E-state index in [4.69, 9.17) is 4.74 Å². The second kappa shape index (κ2) is 10.1. The largest absolute Gasteiger partial charge is 0.452 e. The van der Waals surface area contributed by atoms with Crippen LogP contribution in [0.2, 0.25) is 0 Å². The average Bonchev–Trinajstić information content (AvgIpc) is 2.87. The molecule has 1 amide bonds. The number of sulfonamides is 1. The molecular formula is C26H26N2O5S. The molecule has 0 bridgehead atoms. The molecule has 1 aliphatic rings. The zero-order valence-electron chi connectivity index (χ0n) is 18.8. The fourth-order valence-electron chi connectivity index (χ4n) is 4.07. The van der Waals surface area contributed by atoms with Crippen LogP contribution in [0.25, 0.3) is 0 Å². The summed E-state index contributed by atoms with van der Waals surface area (Å²) in [7, 11) is -2.43. The number of para-hydroxylation sites is 1. The van der Waals surface area contributed by atoms with Crippen LogP contribution in [0.1, 0.15) is 40.4 Å². The van der Waals surface area contributed by atoms with Crippen LogP contribution in [0, 0.1) is 0 Å². The van der Waals surface area contributed by atoms with Crippen molar-refractivity contribution in [2.75, 3.05) is 18.0 Å². The van der Waals surface area contributed by atoms with Gasteiger partial charge in [-0.2, -0.15) is 0 Å². The van der Waals surface area contributed by atoms with Gasteiger partial charge in [0, 0.05) is 7.05 Å². The third-order valence-electron chi connectivity index (χ3n) is 5.89. The number of ether oxygens (including phenoxy) is 1. The Hall–Kier alpha value is -3.65. The molecule has 0 saturated carbocycles. The van der Waals surface area contributed by atoms with E-state index in [1.165, 1.54) is 36.9 Å². The van der Waals surface area contributed by atoms with E-state index in [0.29, 0.717) is 5.69 Å². The van der Waals surface area contributed by atoms with Gasteiger partial charge in [0.25, 0.3) is 15.9 Å². The number of benzene rings is 3. The highest BCUT2D eigenvalue weighted by Gasteiger charge is 2.24. The Morgan fingerprint density at radius 2 is 1.74 bits per heavy atom. The maximum atomic E-state index is 13.0. The van der Waals surface area contributed by atoms with Crippen molar-refractivity contribution in [1.82, 2.24) is 5.32 Å².